The minimum absolute atomic E-state index is 0.00355. The van der Waals surface area contributed by atoms with E-state index in [4.69, 9.17) is 21.1 Å². The average molecular weight is 418 g/mol. The lowest BCUT2D eigenvalue weighted by molar-refractivity contribution is 0.0653. The third kappa shape index (κ3) is 4.21. The van der Waals surface area contributed by atoms with Gasteiger partial charge in [0.15, 0.2) is 17.3 Å². The van der Waals surface area contributed by atoms with Crippen molar-refractivity contribution in [3.05, 3.63) is 47.5 Å². The van der Waals surface area contributed by atoms with Gasteiger partial charge in [0.1, 0.15) is 12.1 Å². The van der Waals surface area contributed by atoms with Crippen LogP contribution in [0, 0.1) is 5.82 Å². The highest BCUT2D eigenvalue weighted by Crippen LogP contribution is 2.37. The van der Waals surface area contributed by atoms with Crippen molar-refractivity contribution in [2.24, 2.45) is 0 Å². The molecule has 3 aromatic rings. The Bertz CT molecular complexity index is 1030. The second-order valence-corrected chi connectivity index (χ2v) is 7.42. The minimum Gasteiger partial charge on any atom is -0.493 e. The number of methoxy groups -OCH3 is 1. The molecular formula is C21H21ClFN3O3. The van der Waals surface area contributed by atoms with Crippen molar-refractivity contribution < 1.29 is 19.0 Å². The number of halogens is 2. The molecule has 8 heteroatoms. The smallest absolute Gasteiger partial charge is 0.165 e. The first kappa shape index (κ1) is 19.7. The van der Waals surface area contributed by atoms with E-state index in [0.717, 1.165) is 12.8 Å². The SMILES string of the molecule is COc1cc2ncnc(Nc3cccc(Cl)c3F)c2cc1O[C@H]1CC[C@H](O)CC1. The maximum absolute atomic E-state index is 14.3. The topological polar surface area (TPSA) is 76.5 Å². The number of benzene rings is 2. The van der Waals surface area contributed by atoms with Gasteiger partial charge in [0.25, 0.3) is 0 Å². The molecule has 0 atom stereocenters. The second kappa shape index (κ2) is 8.39. The van der Waals surface area contributed by atoms with Gasteiger partial charge in [-0.1, -0.05) is 17.7 Å². The Kier molecular flexibility index (Phi) is 5.69. The average Bonchev–Trinajstić information content (AvgIpc) is 2.73. The molecule has 1 aliphatic rings. The largest absolute Gasteiger partial charge is 0.493 e. The number of nitrogens with zero attached hydrogens (tertiary/aromatic N) is 2. The fraction of sp³-hybridized carbons (Fsp3) is 0.333. The molecule has 0 unspecified atom stereocenters. The van der Waals surface area contributed by atoms with Crippen LogP contribution < -0.4 is 14.8 Å². The van der Waals surface area contributed by atoms with Gasteiger partial charge in [0.2, 0.25) is 0 Å². The summed E-state index contributed by atoms with van der Waals surface area (Å²) in [5.41, 5.74) is 0.852. The van der Waals surface area contributed by atoms with Crippen molar-refractivity contribution in [2.75, 3.05) is 12.4 Å². The van der Waals surface area contributed by atoms with Crippen molar-refractivity contribution >= 4 is 34.0 Å². The summed E-state index contributed by atoms with van der Waals surface area (Å²) in [5, 5.41) is 13.4. The first-order valence-corrected chi connectivity index (χ1v) is 9.81. The van der Waals surface area contributed by atoms with Gasteiger partial charge in [-0.25, -0.2) is 14.4 Å². The normalized spacial score (nSPS) is 19.2. The fourth-order valence-corrected chi connectivity index (χ4v) is 3.66. The number of aromatic nitrogens is 2. The Hall–Kier alpha value is -2.64. The molecule has 0 aliphatic heterocycles. The lowest BCUT2D eigenvalue weighted by Crippen LogP contribution is -2.26. The summed E-state index contributed by atoms with van der Waals surface area (Å²) in [6.45, 7) is 0. The van der Waals surface area contributed by atoms with Crippen molar-refractivity contribution in [2.45, 2.75) is 37.9 Å². The summed E-state index contributed by atoms with van der Waals surface area (Å²) in [7, 11) is 1.57. The first-order chi connectivity index (χ1) is 14.0. The van der Waals surface area contributed by atoms with Gasteiger partial charge >= 0.3 is 0 Å². The van der Waals surface area contributed by atoms with Crippen LogP contribution in [0.25, 0.3) is 10.9 Å². The molecular weight excluding hydrogens is 397 g/mol. The molecule has 0 amide bonds. The highest BCUT2D eigenvalue weighted by atomic mass is 35.5. The van der Waals surface area contributed by atoms with Crippen molar-refractivity contribution in [1.82, 2.24) is 9.97 Å². The summed E-state index contributed by atoms with van der Waals surface area (Å²) in [6.07, 6.45) is 4.10. The number of aliphatic hydroxyl groups is 1. The van der Waals surface area contributed by atoms with Crippen LogP contribution in [0.3, 0.4) is 0 Å². The second-order valence-electron chi connectivity index (χ2n) is 7.02. The predicted molar refractivity (Wildman–Crippen MR) is 110 cm³/mol. The highest BCUT2D eigenvalue weighted by molar-refractivity contribution is 6.31. The van der Waals surface area contributed by atoms with Crippen LogP contribution in [-0.4, -0.2) is 34.4 Å². The van der Waals surface area contributed by atoms with E-state index in [9.17, 15) is 9.50 Å². The number of ether oxygens (including phenoxy) is 2. The molecule has 1 aliphatic carbocycles. The van der Waals surface area contributed by atoms with Crippen LogP contribution in [0.15, 0.2) is 36.7 Å². The molecule has 1 aromatic heterocycles. The molecule has 2 aromatic carbocycles. The van der Waals surface area contributed by atoms with Crippen LogP contribution in [0.5, 0.6) is 11.5 Å². The molecule has 0 saturated heterocycles. The molecule has 1 heterocycles. The summed E-state index contributed by atoms with van der Waals surface area (Å²) in [6, 6.07) is 8.29. The van der Waals surface area contributed by atoms with E-state index in [-0.39, 0.29) is 22.9 Å². The van der Waals surface area contributed by atoms with Gasteiger partial charge < -0.3 is 19.9 Å². The Morgan fingerprint density at radius 3 is 2.69 bits per heavy atom. The van der Waals surface area contributed by atoms with Crippen LogP contribution in [0.2, 0.25) is 5.02 Å². The minimum atomic E-state index is -0.549. The Labute approximate surface area is 172 Å². The van der Waals surface area contributed by atoms with E-state index in [1.165, 1.54) is 12.4 Å². The van der Waals surface area contributed by atoms with Crippen LogP contribution >= 0.6 is 11.6 Å². The van der Waals surface area contributed by atoms with E-state index in [2.05, 4.69) is 15.3 Å². The van der Waals surface area contributed by atoms with E-state index in [1.807, 2.05) is 0 Å². The number of hydrogen-bond donors (Lipinski definition) is 2. The zero-order valence-electron chi connectivity index (χ0n) is 15.9. The van der Waals surface area contributed by atoms with Crippen molar-refractivity contribution in [3.8, 4) is 11.5 Å². The third-order valence-electron chi connectivity index (χ3n) is 5.06. The monoisotopic (exact) mass is 417 g/mol. The zero-order valence-corrected chi connectivity index (χ0v) is 16.6. The van der Waals surface area contributed by atoms with Gasteiger partial charge in [-0.05, 0) is 43.9 Å². The van der Waals surface area contributed by atoms with Crippen molar-refractivity contribution in [1.29, 1.82) is 0 Å². The Morgan fingerprint density at radius 2 is 1.93 bits per heavy atom. The number of aliphatic hydroxyl groups excluding tert-OH is 1. The molecule has 152 valence electrons. The maximum atomic E-state index is 14.3. The summed E-state index contributed by atoms with van der Waals surface area (Å²) < 4.78 is 26.0. The van der Waals surface area contributed by atoms with Crippen LogP contribution in [0.1, 0.15) is 25.7 Å². The van der Waals surface area contributed by atoms with Crippen molar-refractivity contribution in [3.63, 3.8) is 0 Å². The number of rotatable bonds is 5. The molecule has 1 fully saturated rings. The number of nitrogens with one attached hydrogen (secondary N) is 1. The van der Waals surface area contributed by atoms with E-state index < -0.39 is 5.82 Å². The third-order valence-corrected chi connectivity index (χ3v) is 5.35. The summed E-state index contributed by atoms with van der Waals surface area (Å²) in [4.78, 5) is 8.56. The van der Waals surface area contributed by atoms with Gasteiger partial charge in [-0.15, -0.1) is 0 Å². The molecule has 2 N–H and O–H groups in total. The van der Waals surface area contributed by atoms with E-state index >= 15 is 0 Å². The Balaban J connectivity index is 1.70. The summed E-state index contributed by atoms with van der Waals surface area (Å²) >= 11 is 5.88. The first-order valence-electron chi connectivity index (χ1n) is 9.43. The van der Waals surface area contributed by atoms with E-state index in [0.29, 0.717) is 41.1 Å². The lowest BCUT2D eigenvalue weighted by Gasteiger charge is -2.27. The van der Waals surface area contributed by atoms with Crippen LogP contribution in [-0.2, 0) is 0 Å². The number of fused-ring (bicyclic) bond motifs is 1. The summed E-state index contributed by atoms with van der Waals surface area (Å²) in [5.74, 6) is 1.00. The molecule has 6 nitrogen and oxygen atoms in total. The Morgan fingerprint density at radius 1 is 1.14 bits per heavy atom. The standard InChI is InChI=1S/C21H21ClFN3O3/c1-28-18-10-17-14(9-19(18)29-13-7-5-12(27)6-8-13)21(25-11-24-17)26-16-4-2-3-15(22)20(16)23/h2-4,9-13,27H,5-8H2,1H3,(H,24,25,26)/t12-,13-. The molecule has 4 rings (SSSR count). The zero-order chi connectivity index (χ0) is 20.4. The molecule has 0 spiro atoms. The number of anilines is 2. The lowest BCUT2D eigenvalue weighted by atomic mass is 9.95. The fourth-order valence-electron chi connectivity index (χ4n) is 3.49. The molecule has 1 saturated carbocycles. The maximum Gasteiger partial charge on any atom is 0.165 e. The van der Waals surface area contributed by atoms with Crippen LogP contribution in [0.4, 0.5) is 15.9 Å². The molecule has 0 bridgehead atoms. The van der Waals surface area contributed by atoms with Gasteiger partial charge in [0.05, 0.1) is 35.5 Å². The molecule has 29 heavy (non-hydrogen) atoms. The van der Waals surface area contributed by atoms with Gasteiger partial charge in [0, 0.05) is 11.5 Å². The van der Waals surface area contributed by atoms with Gasteiger partial charge in [-0.3, -0.25) is 0 Å². The highest BCUT2D eigenvalue weighted by Gasteiger charge is 2.22. The number of hydrogen-bond acceptors (Lipinski definition) is 6. The predicted octanol–water partition coefficient (Wildman–Crippen LogP) is 4.86. The molecule has 0 radical (unpaired) electrons. The van der Waals surface area contributed by atoms with Gasteiger partial charge in [-0.2, -0.15) is 0 Å². The van der Waals surface area contributed by atoms with E-state index in [1.54, 1.807) is 31.4 Å². The quantitative estimate of drug-likeness (QED) is 0.617.